The lowest BCUT2D eigenvalue weighted by Gasteiger charge is -2.19. The van der Waals surface area contributed by atoms with Gasteiger partial charge in [-0.3, -0.25) is 0 Å². The number of aliphatic hydroxyl groups excluding tert-OH is 2. The standard InChI is InChI=1S/C18H18F3NO4/c19-13-9-15(21)14(20)8-12(13)17(24)16(23)6-7-22-18(25)26-10-11-4-2-1-3-5-11/h1-5,8-9,16-17,23-24H,6-7,10H2,(H,22,25). The third-order valence-electron chi connectivity index (χ3n) is 3.64. The van der Waals surface area contributed by atoms with Crippen molar-refractivity contribution in [2.24, 2.45) is 0 Å². The lowest BCUT2D eigenvalue weighted by molar-refractivity contribution is 0.0113. The maximum absolute atomic E-state index is 13.6. The minimum atomic E-state index is -1.77. The maximum Gasteiger partial charge on any atom is 0.407 e. The van der Waals surface area contributed by atoms with Crippen LogP contribution in [0.4, 0.5) is 18.0 Å². The zero-order valence-electron chi connectivity index (χ0n) is 13.7. The van der Waals surface area contributed by atoms with Gasteiger partial charge in [-0.05, 0) is 18.1 Å². The number of benzene rings is 2. The number of halogens is 3. The predicted octanol–water partition coefficient (Wildman–Crippen LogP) is 2.81. The van der Waals surface area contributed by atoms with Gasteiger partial charge in [0.1, 0.15) is 18.5 Å². The zero-order chi connectivity index (χ0) is 19.1. The summed E-state index contributed by atoms with van der Waals surface area (Å²) in [6.45, 7) is -0.00490. The number of rotatable bonds is 7. The molecule has 0 heterocycles. The number of carbonyl (C=O) groups is 1. The van der Waals surface area contributed by atoms with Gasteiger partial charge < -0.3 is 20.3 Å². The number of hydrogen-bond acceptors (Lipinski definition) is 4. The summed E-state index contributed by atoms with van der Waals surface area (Å²) in [7, 11) is 0. The highest BCUT2D eigenvalue weighted by atomic mass is 19.2. The Kier molecular flexibility index (Phi) is 6.99. The zero-order valence-corrected chi connectivity index (χ0v) is 13.7. The van der Waals surface area contributed by atoms with Crippen molar-refractivity contribution in [1.82, 2.24) is 5.32 Å². The first-order valence-electron chi connectivity index (χ1n) is 7.83. The first-order valence-corrected chi connectivity index (χ1v) is 7.83. The normalized spacial score (nSPS) is 13.1. The van der Waals surface area contributed by atoms with E-state index < -0.39 is 41.3 Å². The predicted molar refractivity (Wildman–Crippen MR) is 86.5 cm³/mol. The van der Waals surface area contributed by atoms with Crippen molar-refractivity contribution in [2.45, 2.75) is 25.2 Å². The van der Waals surface area contributed by atoms with Gasteiger partial charge in [0, 0.05) is 18.2 Å². The van der Waals surface area contributed by atoms with Crippen LogP contribution < -0.4 is 5.32 Å². The Morgan fingerprint density at radius 3 is 2.38 bits per heavy atom. The van der Waals surface area contributed by atoms with Crippen molar-refractivity contribution in [1.29, 1.82) is 0 Å². The molecule has 0 spiro atoms. The quantitative estimate of drug-likeness (QED) is 0.656. The summed E-state index contributed by atoms with van der Waals surface area (Å²) in [4.78, 5) is 11.5. The second-order valence-corrected chi connectivity index (χ2v) is 5.58. The highest BCUT2D eigenvalue weighted by Crippen LogP contribution is 2.24. The third kappa shape index (κ3) is 5.47. The van der Waals surface area contributed by atoms with E-state index in [0.29, 0.717) is 12.1 Å². The molecule has 0 aliphatic carbocycles. The molecule has 2 aromatic rings. The lowest BCUT2D eigenvalue weighted by atomic mass is 10.0. The molecule has 140 valence electrons. The highest BCUT2D eigenvalue weighted by Gasteiger charge is 2.23. The van der Waals surface area contributed by atoms with Crippen LogP contribution in [-0.4, -0.2) is 29.0 Å². The van der Waals surface area contributed by atoms with E-state index in [9.17, 15) is 28.2 Å². The Balaban J connectivity index is 1.78. The molecule has 0 saturated heterocycles. The Hall–Kier alpha value is -2.58. The van der Waals surface area contributed by atoms with Gasteiger partial charge in [-0.2, -0.15) is 0 Å². The molecule has 0 bridgehead atoms. The van der Waals surface area contributed by atoms with Crippen molar-refractivity contribution in [3.05, 3.63) is 71.0 Å². The first-order chi connectivity index (χ1) is 12.4. The van der Waals surface area contributed by atoms with Crippen LogP contribution in [0.25, 0.3) is 0 Å². The molecule has 3 N–H and O–H groups in total. The van der Waals surface area contributed by atoms with E-state index in [4.69, 9.17) is 4.74 Å². The lowest BCUT2D eigenvalue weighted by Crippen LogP contribution is -2.30. The van der Waals surface area contributed by atoms with Crippen LogP contribution in [-0.2, 0) is 11.3 Å². The van der Waals surface area contributed by atoms with E-state index in [-0.39, 0.29) is 19.6 Å². The number of amides is 1. The van der Waals surface area contributed by atoms with Crippen LogP contribution in [0.5, 0.6) is 0 Å². The van der Waals surface area contributed by atoms with Gasteiger partial charge >= 0.3 is 6.09 Å². The van der Waals surface area contributed by atoms with E-state index in [1.807, 2.05) is 6.07 Å². The van der Waals surface area contributed by atoms with E-state index in [0.717, 1.165) is 5.56 Å². The summed E-state index contributed by atoms with van der Waals surface area (Å²) in [6.07, 6.45) is -4.15. The minimum Gasteiger partial charge on any atom is -0.445 e. The molecule has 2 rings (SSSR count). The number of carbonyl (C=O) groups excluding carboxylic acids is 1. The van der Waals surface area contributed by atoms with Crippen LogP contribution in [0.1, 0.15) is 23.7 Å². The van der Waals surface area contributed by atoms with Crippen molar-refractivity contribution in [3.63, 3.8) is 0 Å². The molecule has 2 aromatic carbocycles. The summed E-state index contributed by atoms with van der Waals surface area (Å²) in [5.74, 6) is -3.91. The fourth-order valence-electron chi connectivity index (χ4n) is 2.23. The van der Waals surface area contributed by atoms with Crippen LogP contribution in [0.3, 0.4) is 0 Å². The minimum absolute atomic E-state index is 0.0674. The van der Waals surface area contributed by atoms with Crippen molar-refractivity contribution in [2.75, 3.05) is 6.54 Å². The van der Waals surface area contributed by atoms with Gasteiger partial charge in [0.25, 0.3) is 0 Å². The molecule has 1 amide bonds. The molecule has 2 atom stereocenters. The molecule has 5 nitrogen and oxygen atoms in total. The molecule has 0 aliphatic rings. The van der Waals surface area contributed by atoms with Crippen molar-refractivity contribution >= 4 is 6.09 Å². The molecule has 2 unspecified atom stereocenters. The van der Waals surface area contributed by atoms with Gasteiger partial charge in [0.2, 0.25) is 0 Å². The number of alkyl carbamates (subject to hydrolysis) is 1. The fraction of sp³-hybridized carbons (Fsp3) is 0.278. The fourth-order valence-corrected chi connectivity index (χ4v) is 2.23. The highest BCUT2D eigenvalue weighted by molar-refractivity contribution is 5.67. The largest absolute Gasteiger partial charge is 0.445 e. The number of hydrogen-bond donors (Lipinski definition) is 3. The summed E-state index contributed by atoms with van der Waals surface area (Å²) in [6, 6.07) is 9.76. The summed E-state index contributed by atoms with van der Waals surface area (Å²) >= 11 is 0. The molecular formula is C18H18F3NO4. The second kappa shape index (κ2) is 9.21. The smallest absolute Gasteiger partial charge is 0.407 e. The van der Waals surface area contributed by atoms with Crippen LogP contribution >= 0.6 is 0 Å². The Morgan fingerprint density at radius 1 is 1.04 bits per heavy atom. The molecule has 0 radical (unpaired) electrons. The maximum atomic E-state index is 13.6. The van der Waals surface area contributed by atoms with Crippen LogP contribution in [0, 0.1) is 17.5 Å². The Bertz CT molecular complexity index is 743. The van der Waals surface area contributed by atoms with Gasteiger partial charge in [0.05, 0.1) is 6.10 Å². The monoisotopic (exact) mass is 369 g/mol. The second-order valence-electron chi connectivity index (χ2n) is 5.58. The summed E-state index contributed by atoms with van der Waals surface area (Å²) in [5.41, 5.74) is 0.231. The number of ether oxygens (including phenoxy) is 1. The molecular weight excluding hydrogens is 351 g/mol. The van der Waals surface area contributed by atoms with Gasteiger partial charge in [-0.15, -0.1) is 0 Å². The number of aliphatic hydroxyl groups is 2. The molecule has 0 aliphatic heterocycles. The van der Waals surface area contributed by atoms with E-state index in [2.05, 4.69) is 5.32 Å². The number of nitrogens with one attached hydrogen (secondary N) is 1. The van der Waals surface area contributed by atoms with Gasteiger partial charge in [-0.25, -0.2) is 18.0 Å². The first kappa shape index (κ1) is 19.7. The summed E-state index contributed by atoms with van der Waals surface area (Å²) < 4.78 is 44.6. The van der Waals surface area contributed by atoms with Crippen LogP contribution in [0.15, 0.2) is 42.5 Å². The summed E-state index contributed by atoms with van der Waals surface area (Å²) in [5, 5.41) is 22.1. The molecule has 0 fully saturated rings. The van der Waals surface area contributed by atoms with Crippen LogP contribution in [0.2, 0.25) is 0 Å². The average Bonchev–Trinajstić information content (AvgIpc) is 2.63. The average molecular weight is 369 g/mol. The molecule has 26 heavy (non-hydrogen) atoms. The van der Waals surface area contributed by atoms with Crippen molar-refractivity contribution in [3.8, 4) is 0 Å². The molecule has 0 saturated carbocycles. The topological polar surface area (TPSA) is 78.8 Å². The van der Waals surface area contributed by atoms with Gasteiger partial charge in [-0.1, -0.05) is 30.3 Å². The Morgan fingerprint density at radius 2 is 1.69 bits per heavy atom. The van der Waals surface area contributed by atoms with Crippen molar-refractivity contribution < 1.29 is 32.9 Å². The van der Waals surface area contributed by atoms with E-state index >= 15 is 0 Å². The van der Waals surface area contributed by atoms with E-state index in [1.54, 1.807) is 24.3 Å². The van der Waals surface area contributed by atoms with Gasteiger partial charge in [0.15, 0.2) is 11.6 Å². The van der Waals surface area contributed by atoms with E-state index in [1.165, 1.54) is 0 Å². The Labute approximate surface area is 148 Å². The SMILES string of the molecule is O=C(NCCC(O)C(O)c1cc(F)c(F)cc1F)OCc1ccccc1. The molecule has 0 aromatic heterocycles. The molecule has 8 heteroatoms. The third-order valence-corrected chi connectivity index (χ3v) is 3.64.